The van der Waals surface area contributed by atoms with Crippen LogP contribution in [0, 0.1) is 5.41 Å². The first-order chi connectivity index (χ1) is 6.46. The minimum atomic E-state index is -0.0723. The molecule has 0 N–H and O–H groups in total. The molecule has 0 saturated carbocycles. The van der Waals surface area contributed by atoms with Gasteiger partial charge in [-0.3, -0.25) is 4.79 Å². The van der Waals surface area contributed by atoms with Crippen LogP contribution in [0.1, 0.15) is 61.3 Å². The molecule has 0 spiro atoms. The fraction of sp³-hybridized carbons (Fsp3) is 0.923. The van der Waals surface area contributed by atoms with Crippen molar-refractivity contribution in [3.63, 3.8) is 0 Å². The van der Waals surface area contributed by atoms with Crippen LogP contribution < -0.4 is 0 Å². The zero-order chi connectivity index (χ0) is 12.1. The molecule has 1 saturated heterocycles. The van der Waals surface area contributed by atoms with Crippen LogP contribution in [0.5, 0.6) is 0 Å². The average Bonchev–Trinajstić information content (AvgIpc) is 1.71. The number of amides is 1. The Morgan fingerprint density at radius 1 is 1.13 bits per heavy atom. The summed E-state index contributed by atoms with van der Waals surface area (Å²) in [5, 5.41) is 0. The van der Waals surface area contributed by atoms with E-state index in [9.17, 15) is 4.79 Å². The maximum absolute atomic E-state index is 12.2. The largest absolute Gasteiger partial charge is 0.333 e. The van der Waals surface area contributed by atoms with Gasteiger partial charge in [-0.15, -0.1) is 0 Å². The highest BCUT2D eigenvalue weighted by atomic mass is 16.2. The molecular weight excluding hydrogens is 186 g/mol. The van der Waals surface area contributed by atoms with Crippen LogP contribution in [0.25, 0.3) is 0 Å². The van der Waals surface area contributed by atoms with Gasteiger partial charge in [-0.2, -0.15) is 0 Å². The topological polar surface area (TPSA) is 20.3 Å². The van der Waals surface area contributed by atoms with Crippen molar-refractivity contribution < 1.29 is 4.79 Å². The van der Waals surface area contributed by atoms with Crippen LogP contribution in [0.4, 0.5) is 0 Å². The summed E-state index contributed by atoms with van der Waals surface area (Å²) < 4.78 is 0. The van der Waals surface area contributed by atoms with Crippen LogP contribution in [0.15, 0.2) is 0 Å². The van der Waals surface area contributed by atoms with Crippen molar-refractivity contribution in [2.24, 2.45) is 5.41 Å². The minimum Gasteiger partial charge on any atom is -0.333 e. The highest BCUT2D eigenvalue weighted by Crippen LogP contribution is 2.43. The number of carbonyl (C=O) groups is 1. The summed E-state index contributed by atoms with van der Waals surface area (Å²) in [6.07, 6.45) is 1.75. The van der Waals surface area contributed by atoms with Gasteiger partial charge in [-0.25, -0.2) is 0 Å². The van der Waals surface area contributed by atoms with E-state index in [4.69, 9.17) is 0 Å². The van der Waals surface area contributed by atoms with Gasteiger partial charge in [0.1, 0.15) is 0 Å². The van der Waals surface area contributed by atoms with Gasteiger partial charge >= 0.3 is 0 Å². The molecule has 0 aromatic rings. The second-order valence-corrected chi connectivity index (χ2v) is 7.23. The standard InChI is InChI=1S/C13H25NO/c1-11(2,3)14-10(15)8-12(4,5)9-13(14,6)7/h8-9H2,1-7H3. The third-order valence-electron chi connectivity index (χ3n) is 3.07. The lowest BCUT2D eigenvalue weighted by atomic mass is 9.71. The van der Waals surface area contributed by atoms with Crippen molar-refractivity contribution >= 4 is 5.91 Å². The lowest BCUT2D eigenvalue weighted by molar-refractivity contribution is -0.155. The molecule has 0 unspecified atom stereocenters. The number of carbonyl (C=O) groups excluding carboxylic acids is 1. The van der Waals surface area contributed by atoms with Crippen LogP contribution in [0.2, 0.25) is 0 Å². The molecule has 1 rings (SSSR count). The van der Waals surface area contributed by atoms with Crippen molar-refractivity contribution in [2.75, 3.05) is 0 Å². The second-order valence-electron chi connectivity index (χ2n) is 7.23. The molecule has 1 aliphatic heterocycles. The molecule has 2 heteroatoms. The van der Waals surface area contributed by atoms with Crippen LogP contribution in [-0.2, 0) is 4.79 Å². The Balaban J connectivity index is 3.05. The first kappa shape index (κ1) is 12.5. The van der Waals surface area contributed by atoms with Crippen LogP contribution in [-0.4, -0.2) is 21.9 Å². The van der Waals surface area contributed by atoms with E-state index >= 15 is 0 Å². The van der Waals surface area contributed by atoms with Crippen molar-refractivity contribution in [2.45, 2.75) is 72.4 Å². The van der Waals surface area contributed by atoms with E-state index in [0.717, 1.165) is 6.42 Å². The summed E-state index contributed by atoms with van der Waals surface area (Å²) in [6.45, 7) is 15.1. The average molecular weight is 211 g/mol. The van der Waals surface area contributed by atoms with Crippen LogP contribution >= 0.6 is 0 Å². The Hall–Kier alpha value is -0.530. The van der Waals surface area contributed by atoms with E-state index in [2.05, 4.69) is 53.4 Å². The van der Waals surface area contributed by atoms with E-state index in [1.54, 1.807) is 0 Å². The lowest BCUT2D eigenvalue weighted by Gasteiger charge is -2.54. The predicted octanol–water partition coefficient (Wildman–Crippen LogP) is 3.21. The van der Waals surface area contributed by atoms with Gasteiger partial charge in [0.05, 0.1) is 0 Å². The van der Waals surface area contributed by atoms with Gasteiger partial charge in [0.25, 0.3) is 0 Å². The monoisotopic (exact) mass is 211 g/mol. The maximum atomic E-state index is 12.2. The Labute approximate surface area is 94.0 Å². The summed E-state index contributed by atoms with van der Waals surface area (Å²) in [5.74, 6) is 0.295. The molecule has 1 fully saturated rings. The number of rotatable bonds is 0. The molecule has 0 bridgehead atoms. The van der Waals surface area contributed by atoms with Gasteiger partial charge in [-0.05, 0) is 46.5 Å². The molecule has 0 aromatic heterocycles. The predicted molar refractivity (Wildman–Crippen MR) is 63.7 cm³/mol. The molecule has 15 heavy (non-hydrogen) atoms. The third-order valence-corrected chi connectivity index (χ3v) is 3.07. The molecule has 88 valence electrons. The lowest BCUT2D eigenvalue weighted by Crippen LogP contribution is -2.62. The minimum absolute atomic E-state index is 0.0307. The molecule has 1 aliphatic rings. The fourth-order valence-corrected chi connectivity index (χ4v) is 3.42. The van der Waals surface area contributed by atoms with E-state index in [0.29, 0.717) is 12.3 Å². The number of piperidine rings is 1. The van der Waals surface area contributed by atoms with Crippen molar-refractivity contribution in [1.29, 1.82) is 0 Å². The maximum Gasteiger partial charge on any atom is 0.223 e. The fourth-order valence-electron chi connectivity index (χ4n) is 3.42. The Bertz CT molecular complexity index is 271. The van der Waals surface area contributed by atoms with Crippen LogP contribution in [0.3, 0.4) is 0 Å². The van der Waals surface area contributed by atoms with Crippen molar-refractivity contribution in [1.82, 2.24) is 4.90 Å². The third kappa shape index (κ3) is 2.53. The van der Waals surface area contributed by atoms with E-state index in [1.807, 2.05) is 0 Å². The molecule has 0 aromatic carbocycles. The van der Waals surface area contributed by atoms with Crippen molar-refractivity contribution in [3.05, 3.63) is 0 Å². The summed E-state index contributed by atoms with van der Waals surface area (Å²) in [7, 11) is 0. The molecule has 1 amide bonds. The zero-order valence-corrected chi connectivity index (χ0v) is 11.3. The summed E-state index contributed by atoms with van der Waals surface area (Å²) >= 11 is 0. The van der Waals surface area contributed by atoms with Gasteiger partial charge in [0.15, 0.2) is 0 Å². The molecule has 1 heterocycles. The highest BCUT2D eigenvalue weighted by Gasteiger charge is 2.47. The highest BCUT2D eigenvalue weighted by molar-refractivity contribution is 5.79. The number of nitrogens with zero attached hydrogens (tertiary/aromatic N) is 1. The summed E-state index contributed by atoms with van der Waals surface area (Å²) in [4.78, 5) is 14.3. The van der Waals surface area contributed by atoms with Gasteiger partial charge in [-0.1, -0.05) is 13.8 Å². The van der Waals surface area contributed by atoms with Gasteiger partial charge < -0.3 is 4.90 Å². The molecule has 0 radical (unpaired) electrons. The molecule has 0 atom stereocenters. The molecule has 0 aliphatic carbocycles. The first-order valence-electron chi connectivity index (χ1n) is 5.79. The number of hydrogen-bond donors (Lipinski definition) is 0. The first-order valence-corrected chi connectivity index (χ1v) is 5.79. The molecular formula is C13H25NO. The summed E-state index contributed by atoms with van der Waals surface area (Å²) in [5.41, 5.74) is 0.0382. The Kier molecular flexibility index (Phi) is 2.70. The zero-order valence-electron chi connectivity index (χ0n) is 11.3. The summed E-state index contributed by atoms with van der Waals surface area (Å²) in [6, 6.07) is 0. The van der Waals surface area contributed by atoms with E-state index in [-0.39, 0.29) is 16.5 Å². The Morgan fingerprint density at radius 3 is 1.93 bits per heavy atom. The number of hydrogen-bond acceptors (Lipinski definition) is 1. The van der Waals surface area contributed by atoms with Crippen molar-refractivity contribution in [3.8, 4) is 0 Å². The smallest absolute Gasteiger partial charge is 0.223 e. The molecule has 2 nitrogen and oxygen atoms in total. The SMILES string of the molecule is CC1(C)CC(=O)N(C(C)(C)C)C(C)(C)C1. The van der Waals surface area contributed by atoms with E-state index < -0.39 is 0 Å². The van der Waals surface area contributed by atoms with Gasteiger partial charge in [0.2, 0.25) is 5.91 Å². The Morgan fingerprint density at radius 2 is 1.60 bits per heavy atom. The normalized spacial score (nSPS) is 25.5. The van der Waals surface area contributed by atoms with Gasteiger partial charge in [0, 0.05) is 17.5 Å². The number of likely N-dealkylation sites (tertiary alicyclic amines) is 1. The second kappa shape index (κ2) is 3.23. The van der Waals surface area contributed by atoms with E-state index in [1.165, 1.54) is 0 Å². The quantitative estimate of drug-likeness (QED) is 0.602.